The van der Waals surface area contributed by atoms with Crippen molar-refractivity contribution < 1.29 is 4.74 Å². The first-order valence-electron chi connectivity index (χ1n) is 6.03. The van der Waals surface area contributed by atoms with Gasteiger partial charge in [-0.3, -0.25) is 0 Å². The third kappa shape index (κ3) is 2.69. The van der Waals surface area contributed by atoms with E-state index in [-0.39, 0.29) is 0 Å². The minimum absolute atomic E-state index is 0.561. The highest BCUT2D eigenvalue weighted by Gasteiger charge is 2.04. The van der Waals surface area contributed by atoms with Gasteiger partial charge in [0, 0.05) is 28.3 Å². The molecule has 0 spiro atoms. The average molecular weight is 306 g/mol. The molecule has 20 heavy (non-hydrogen) atoms. The molecule has 2 heterocycles. The van der Waals surface area contributed by atoms with Gasteiger partial charge in [0.1, 0.15) is 0 Å². The van der Waals surface area contributed by atoms with Crippen molar-refractivity contribution in [2.45, 2.75) is 6.54 Å². The number of methoxy groups -OCH3 is 1. The third-order valence-electron chi connectivity index (χ3n) is 2.92. The number of hydrogen-bond donors (Lipinski definition) is 1. The monoisotopic (exact) mass is 305 g/mol. The molecule has 6 heteroatoms. The van der Waals surface area contributed by atoms with Crippen molar-refractivity contribution in [3.05, 3.63) is 46.0 Å². The Kier molecular flexibility index (Phi) is 3.71. The van der Waals surface area contributed by atoms with E-state index in [4.69, 9.17) is 16.3 Å². The van der Waals surface area contributed by atoms with Crippen molar-refractivity contribution in [2.24, 2.45) is 0 Å². The molecule has 0 amide bonds. The van der Waals surface area contributed by atoms with Gasteiger partial charge < -0.3 is 10.1 Å². The van der Waals surface area contributed by atoms with Crippen molar-refractivity contribution in [3.8, 4) is 5.88 Å². The molecular weight excluding hydrogens is 294 g/mol. The highest BCUT2D eigenvalue weighted by atomic mass is 35.5. The molecule has 0 saturated carbocycles. The van der Waals surface area contributed by atoms with Crippen molar-refractivity contribution in [1.29, 1.82) is 0 Å². The van der Waals surface area contributed by atoms with Crippen LogP contribution >= 0.6 is 22.9 Å². The first-order valence-corrected chi connectivity index (χ1v) is 7.22. The normalized spacial score (nSPS) is 10.7. The van der Waals surface area contributed by atoms with E-state index in [9.17, 15) is 0 Å². The highest BCUT2D eigenvalue weighted by molar-refractivity contribution is 7.15. The zero-order valence-electron chi connectivity index (χ0n) is 10.8. The number of hydrogen-bond acceptors (Lipinski definition) is 5. The Labute approximate surface area is 125 Å². The highest BCUT2D eigenvalue weighted by Crippen LogP contribution is 2.26. The average Bonchev–Trinajstić information content (AvgIpc) is 2.90. The number of rotatable bonds is 4. The van der Waals surface area contributed by atoms with E-state index < -0.39 is 0 Å². The molecule has 0 aliphatic carbocycles. The molecule has 0 unspecified atom stereocenters. The maximum Gasteiger partial charge on any atom is 0.221 e. The molecular formula is C14H12ClN3OS. The number of ether oxygens (including phenoxy) is 1. The predicted octanol–water partition coefficient (Wildman–Crippen LogP) is 3.97. The summed E-state index contributed by atoms with van der Waals surface area (Å²) in [7, 11) is 1.63. The quantitative estimate of drug-likeness (QED) is 0.792. The minimum Gasteiger partial charge on any atom is -0.481 e. The van der Waals surface area contributed by atoms with Gasteiger partial charge in [0.25, 0.3) is 0 Å². The molecule has 0 aliphatic rings. The molecule has 4 nitrogen and oxygen atoms in total. The fourth-order valence-corrected chi connectivity index (χ4v) is 2.89. The van der Waals surface area contributed by atoms with E-state index >= 15 is 0 Å². The van der Waals surface area contributed by atoms with Crippen LogP contribution in [0, 0.1) is 0 Å². The standard InChI is InChI=1S/C14H12ClN3OS/c1-19-13-12-6-10(3-2-9(12)4-5-16-13)17-7-11-8-18-14(15)20-11/h2-6,8,17H,7H2,1H3. The van der Waals surface area contributed by atoms with Gasteiger partial charge in [0.2, 0.25) is 5.88 Å². The van der Waals surface area contributed by atoms with Crippen LogP contribution in [-0.4, -0.2) is 17.1 Å². The second-order valence-corrected chi connectivity index (χ2v) is 5.89. The topological polar surface area (TPSA) is 47.0 Å². The lowest BCUT2D eigenvalue weighted by molar-refractivity contribution is 0.403. The lowest BCUT2D eigenvalue weighted by Gasteiger charge is -2.08. The summed E-state index contributed by atoms with van der Waals surface area (Å²) >= 11 is 7.29. The largest absolute Gasteiger partial charge is 0.481 e. The first kappa shape index (κ1) is 13.1. The number of pyridine rings is 1. The number of halogens is 1. The van der Waals surface area contributed by atoms with Gasteiger partial charge >= 0.3 is 0 Å². The third-order valence-corrected chi connectivity index (χ3v) is 4.03. The SMILES string of the molecule is COc1nccc2ccc(NCc3cnc(Cl)s3)cc12. The van der Waals surface area contributed by atoms with Crippen molar-refractivity contribution in [2.75, 3.05) is 12.4 Å². The van der Waals surface area contributed by atoms with Crippen molar-refractivity contribution in [1.82, 2.24) is 9.97 Å². The Hall–Kier alpha value is -1.85. The van der Waals surface area contributed by atoms with Gasteiger partial charge in [0.15, 0.2) is 4.47 Å². The number of anilines is 1. The Morgan fingerprint density at radius 3 is 2.95 bits per heavy atom. The van der Waals surface area contributed by atoms with Crippen LogP contribution in [0.15, 0.2) is 36.7 Å². The molecule has 3 rings (SSSR count). The van der Waals surface area contributed by atoms with Gasteiger partial charge in [-0.15, -0.1) is 11.3 Å². The van der Waals surface area contributed by atoms with E-state index in [2.05, 4.69) is 15.3 Å². The molecule has 1 aromatic carbocycles. The molecule has 102 valence electrons. The summed E-state index contributed by atoms with van der Waals surface area (Å²) in [5.41, 5.74) is 1.01. The fourth-order valence-electron chi connectivity index (χ4n) is 1.97. The number of benzene rings is 1. The summed E-state index contributed by atoms with van der Waals surface area (Å²) in [5.74, 6) is 0.631. The first-order chi connectivity index (χ1) is 9.76. The number of nitrogens with zero attached hydrogens (tertiary/aromatic N) is 2. The zero-order chi connectivity index (χ0) is 13.9. The van der Waals surface area contributed by atoms with E-state index in [0.717, 1.165) is 21.3 Å². The van der Waals surface area contributed by atoms with E-state index in [1.165, 1.54) is 11.3 Å². The van der Waals surface area contributed by atoms with Crippen LogP contribution in [0.2, 0.25) is 4.47 Å². The van der Waals surface area contributed by atoms with Gasteiger partial charge in [0.05, 0.1) is 13.7 Å². The number of thiazole rings is 1. The summed E-state index contributed by atoms with van der Waals surface area (Å²) in [4.78, 5) is 9.32. The van der Waals surface area contributed by atoms with Crippen LogP contribution in [0.3, 0.4) is 0 Å². The Balaban J connectivity index is 1.85. The smallest absolute Gasteiger partial charge is 0.221 e. The molecule has 0 radical (unpaired) electrons. The summed E-state index contributed by atoms with van der Waals surface area (Å²) in [5, 5.41) is 5.43. The fraction of sp³-hybridized carbons (Fsp3) is 0.143. The molecule has 0 bridgehead atoms. The predicted molar refractivity (Wildman–Crippen MR) is 82.7 cm³/mol. The second-order valence-electron chi connectivity index (χ2n) is 4.19. The van der Waals surface area contributed by atoms with Gasteiger partial charge in [-0.25, -0.2) is 9.97 Å². The van der Waals surface area contributed by atoms with Crippen LogP contribution < -0.4 is 10.1 Å². The van der Waals surface area contributed by atoms with Crippen molar-refractivity contribution >= 4 is 39.4 Å². The molecule has 2 aromatic heterocycles. The maximum absolute atomic E-state index is 5.81. The van der Waals surface area contributed by atoms with Crippen LogP contribution in [0.25, 0.3) is 10.8 Å². The summed E-state index contributed by atoms with van der Waals surface area (Å²) in [6.45, 7) is 0.693. The molecule has 0 atom stereocenters. The second kappa shape index (κ2) is 5.64. The molecule has 0 fully saturated rings. The van der Waals surface area contributed by atoms with E-state index in [1.807, 2.05) is 24.3 Å². The molecule has 0 saturated heterocycles. The number of nitrogens with one attached hydrogen (secondary N) is 1. The Bertz CT molecular complexity index is 744. The van der Waals surface area contributed by atoms with Gasteiger partial charge in [-0.2, -0.15) is 0 Å². The summed E-state index contributed by atoms with van der Waals surface area (Å²) in [6.07, 6.45) is 3.52. The minimum atomic E-state index is 0.561. The van der Waals surface area contributed by atoms with E-state index in [1.54, 1.807) is 19.5 Å². The molecule has 1 N–H and O–H groups in total. The lowest BCUT2D eigenvalue weighted by Crippen LogP contribution is -1.97. The summed E-state index contributed by atoms with van der Waals surface area (Å²) < 4.78 is 5.85. The van der Waals surface area contributed by atoms with Crippen molar-refractivity contribution in [3.63, 3.8) is 0 Å². The molecule has 0 aliphatic heterocycles. The van der Waals surface area contributed by atoms with Crippen LogP contribution in [0.1, 0.15) is 4.88 Å². The molecule has 3 aromatic rings. The number of aromatic nitrogens is 2. The zero-order valence-corrected chi connectivity index (χ0v) is 12.3. The Morgan fingerprint density at radius 2 is 2.20 bits per heavy atom. The van der Waals surface area contributed by atoms with Crippen LogP contribution in [-0.2, 0) is 6.54 Å². The summed E-state index contributed by atoms with van der Waals surface area (Å²) in [6, 6.07) is 8.07. The maximum atomic E-state index is 5.81. The van der Waals surface area contributed by atoms with Crippen LogP contribution in [0.4, 0.5) is 5.69 Å². The number of fused-ring (bicyclic) bond motifs is 1. The Morgan fingerprint density at radius 1 is 1.30 bits per heavy atom. The van der Waals surface area contributed by atoms with Gasteiger partial charge in [-0.05, 0) is 23.6 Å². The lowest BCUT2D eigenvalue weighted by atomic mass is 10.1. The van der Waals surface area contributed by atoms with E-state index in [0.29, 0.717) is 16.9 Å². The van der Waals surface area contributed by atoms with Crippen LogP contribution in [0.5, 0.6) is 5.88 Å². The van der Waals surface area contributed by atoms with Gasteiger partial charge in [-0.1, -0.05) is 17.7 Å².